The summed E-state index contributed by atoms with van der Waals surface area (Å²) < 4.78 is 0. The molecule has 0 atom stereocenters. The molecule has 3 aliphatic heterocycles. The Bertz CT molecular complexity index is 2270. The molecule has 1 heteroatoms. The Kier molecular flexibility index (Phi) is 2.20. The van der Waals surface area contributed by atoms with E-state index in [9.17, 15) is 0 Å². The van der Waals surface area contributed by atoms with Crippen LogP contribution in [-0.4, -0.2) is 0 Å². The molecule has 12 rings (SSSR count). The lowest BCUT2D eigenvalue weighted by Gasteiger charge is -2.41. The van der Waals surface area contributed by atoms with E-state index in [0.29, 0.717) is 0 Å². The lowest BCUT2D eigenvalue weighted by atomic mass is 9.78. The van der Waals surface area contributed by atoms with Gasteiger partial charge in [-0.15, -0.1) is 0 Å². The number of hydrogen-bond acceptors (Lipinski definition) is 1. The molecule has 0 saturated heterocycles. The van der Waals surface area contributed by atoms with Crippen LogP contribution in [0.4, 0.5) is 17.1 Å². The number of hydrogen-bond donors (Lipinski definition) is 0. The largest absolute Gasteiger partial charge is 0.307 e. The summed E-state index contributed by atoms with van der Waals surface area (Å²) in [6, 6.07) is 35.3. The van der Waals surface area contributed by atoms with E-state index in [0.717, 1.165) is 0 Å². The van der Waals surface area contributed by atoms with Crippen molar-refractivity contribution in [2.75, 3.05) is 4.90 Å². The van der Waals surface area contributed by atoms with Crippen molar-refractivity contribution in [3.8, 4) is 0 Å². The molecular formula is C36H15N. The summed E-state index contributed by atoms with van der Waals surface area (Å²) in [5.41, 5.74) is 4.20. The highest BCUT2D eigenvalue weighted by Crippen LogP contribution is 2.64. The van der Waals surface area contributed by atoms with Gasteiger partial charge >= 0.3 is 0 Å². The molecular weight excluding hydrogens is 446 g/mol. The Morgan fingerprint density at radius 2 is 0.459 bits per heavy atom. The minimum atomic E-state index is 1.34. The summed E-state index contributed by atoms with van der Waals surface area (Å²) in [7, 11) is 0. The van der Waals surface area contributed by atoms with Gasteiger partial charge in [0.25, 0.3) is 0 Å². The molecule has 1 nitrogen and oxygen atoms in total. The molecule has 0 saturated carbocycles. The van der Waals surface area contributed by atoms with Gasteiger partial charge in [0.1, 0.15) is 0 Å². The Labute approximate surface area is 209 Å². The molecule has 0 radical (unpaired) electrons. The van der Waals surface area contributed by atoms with Gasteiger partial charge < -0.3 is 4.90 Å². The maximum atomic E-state index is 2.70. The Hall–Kier alpha value is -4.88. The zero-order valence-electron chi connectivity index (χ0n) is 19.6. The smallest absolute Gasteiger partial charge is 0.0632 e. The van der Waals surface area contributed by atoms with E-state index in [2.05, 4.69) is 95.9 Å². The van der Waals surface area contributed by atoms with Crippen molar-refractivity contribution < 1.29 is 0 Å². The normalized spacial score (nSPS) is 14.4. The maximum absolute atomic E-state index is 2.70. The molecule has 0 bridgehead atoms. The van der Waals surface area contributed by atoms with Crippen LogP contribution in [0.1, 0.15) is 0 Å². The lowest BCUT2D eigenvalue weighted by molar-refractivity contribution is 1.37. The van der Waals surface area contributed by atoms with Gasteiger partial charge in [-0.25, -0.2) is 0 Å². The van der Waals surface area contributed by atoms with Crippen LogP contribution in [-0.2, 0) is 0 Å². The molecule has 9 aromatic carbocycles. The van der Waals surface area contributed by atoms with Crippen molar-refractivity contribution >= 4 is 114 Å². The zero-order valence-corrected chi connectivity index (χ0v) is 19.6. The van der Waals surface area contributed by atoms with E-state index >= 15 is 0 Å². The molecule has 37 heavy (non-hydrogen) atoms. The quantitative estimate of drug-likeness (QED) is 0.160. The van der Waals surface area contributed by atoms with Crippen LogP contribution in [0.3, 0.4) is 0 Å². The molecule has 0 spiro atoms. The first-order valence-corrected chi connectivity index (χ1v) is 13.1. The van der Waals surface area contributed by atoms with Gasteiger partial charge in [-0.3, -0.25) is 0 Å². The van der Waals surface area contributed by atoms with E-state index in [1.165, 1.54) is 114 Å². The molecule has 3 heterocycles. The van der Waals surface area contributed by atoms with Gasteiger partial charge in [0, 0.05) is 48.5 Å². The van der Waals surface area contributed by atoms with Crippen LogP contribution < -0.4 is 4.90 Å². The van der Waals surface area contributed by atoms with Gasteiger partial charge in [-0.05, 0) is 66.7 Å². The molecule has 0 unspecified atom stereocenters. The second-order valence-corrected chi connectivity index (χ2v) is 11.3. The first-order chi connectivity index (χ1) is 18.3. The van der Waals surface area contributed by atoms with Crippen LogP contribution >= 0.6 is 0 Å². The predicted octanol–water partition coefficient (Wildman–Crippen LogP) is 10.5. The maximum Gasteiger partial charge on any atom is 0.0632 e. The minimum Gasteiger partial charge on any atom is -0.307 e. The molecule has 9 aromatic rings. The number of anilines is 3. The zero-order chi connectivity index (χ0) is 23.3. The average molecular weight is 462 g/mol. The van der Waals surface area contributed by atoms with Gasteiger partial charge in [-0.2, -0.15) is 0 Å². The second-order valence-electron chi connectivity index (χ2n) is 11.3. The number of nitrogens with zero attached hydrogens (tertiary/aromatic N) is 1. The average Bonchev–Trinajstić information content (AvgIpc) is 2.95. The monoisotopic (exact) mass is 461 g/mol. The summed E-state index contributed by atoms with van der Waals surface area (Å²) in [5, 5.41) is 24.8. The van der Waals surface area contributed by atoms with Gasteiger partial charge in [-0.1, -0.05) is 72.8 Å². The highest BCUT2D eigenvalue weighted by molar-refractivity contribution is 6.49. The Morgan fingerprint density at radius 1 is 0.243 bits per heavy atom. The fraction of sp³-hybridized carbons (Fsp3) is 0. The third kappa shape index (κ3) is 1.49. The summed E-state index contributed by atoms with van der Waals surface area (Å²) in [6.45, 7) is 0. The first kappa shape index (κ1) is 16.7. The standard InChI is InChI=1S/C36H15N/c1-7-19-13-21-9-3-17-5-11-23-15-24-12-6-18-4-10-22-14-20-8-2-16(1)25-28(19)34-30(21)26(17)32(23)36-33(24)27(18)31(22)35(29(20)25)37(34)36/h1-15H. The summed E-state index contributed by atoms with van der Waals surface area (Å²) in [4.78, 5) is 2.70. The Morgan fingerprint density at radius 3 is 0.703 bits per heavy atom. The highest BCUT2D eigenvalue weighted by atomic mass is 15.2. The van der Waals surface area contributed by atoms with Gasteiger partial charge in [0.15, 0.2) is 0 Å². The van der Waals surface area contributed by atoms with E-state index in [4.69, 9.17) is 0 Å². The van der Waals surface area contributed by atoms with Crippen LogP contribution in [0, 0.1) is 0 Å². The minimum absolute atomic E-state index is 1.34. The predicted molar refractivity (Wildman–Crippen MR) is 159 cm³/mol. The van der Waals surface area contributed by atoms with E-state index < -0.39 is 0 Å². The molecule has 164 valence electrons. The molecule has 0 aliphatic carbocycles. The number of benzene rings is 9. The van der Waals surface area contributed by atoms with Crippen molar-refractivity contribution in [2.45, 2.75) is 0 Å². The summed E-state index contributed by atoms with van der Waals surface area (Å²) in [5.74, 6) is 0. The number of rotatable bonds is 0. The molecule has 0 fully saturated rings. The first-order valence-electron chi connectivity index (χ1n) is 13.1. The Balaban J connectivity index is 1.65. The molecule has 3 aliphatic rings. The van der Waals surface area contributed by atoms with Crippen LogP contribution in [0.2, 0.25) is 0 Å². The van der Waals surface area contributed by atoms with Gasteiger partial charge in [0.2, 0.25) is 0 Å². The summed E-state index contributed by atoms with van der Waals surface area (Å²) in [6.07, 6.45) is 0. The van der Waals surface area contributed by atoms with Crippen molar-refractivity contribution in [3.63, 3.8) is 0 Å². The topological polar surface area (TPSA) is 3.24 Å². The third-order valence-corrected chi connectivity index (χ3v) is 9.78. The van der Waals surface area contributed by atoms with Crippen LogP contribution in [0.5, 0.6) is 0 Å². The van der Waals surface area contributed by atoms with Crippen molar-refractivity contribution in [2.24, 2.45) is 0 Å². The second kappa shape index (κ2) is 4.87. The van der Waals surface area contributed by atoms with Crippen molar-refractivity contribution in [3.05, 3.63) is 91.0 Å². The van der Waals surface area contributed by atoms with E-state index in [-0.39, 0.29) is 0 Å². The van der Waals surface area contributed by atoms with Crippen molar-refractivity contribution in [1.29, 1.82) is 0 Å². The lowest BCUT2D eigenvalue weighted by Crippen LogP contribution is -2.20. The van der Waals surface area contributed by atoms with Gasteiger partial charge in [0.05, 0.1) is 17.1 Å². The molecule has 0 amide bonds. The molecule has 0 N–H and O–H groups in total. The highest BCUT2D eigenvalue weighted by Gasteiger charge is 2.37. The van der Waals surface area contributed by atoms with Crippen LogP contribution in [0.15, 0.2) is 91.0 Å². The fourth-order valence-corrected chi connectivity index (χ4v) is 8.49. The fourth-order valence-electron chi connectivity index (χ4n) is 8.49. The molecule has 0 aromatic heterocycles. The summed E-state index contributed by atoms with van der Waals surface area (Å²) >= 11 is 0. The van der Waals surface area contributed by atoms with Crippen molar-refractivity contribution in [1.82, 2.24) is 0 Å². The van der Waals surface area contributed by atoms with E-state index in [1.807, 2.05) is 0 Å². The van der Waals surface area contributed by atoms with Crippen LogP contribution in [0.25, 0.3) is 97.0 Å². The SMILES string of the molecule is c1cc2ccc3cc4ccc5ccc6cc7ccc8ccc9cc1c1c%10c9c8c7c7c6c5c4c(c3c21)N%107. The third-order valence-electron chi connectivity index (χ3n) is 9.78. The van der Waals surface area contributed by atoms with E-state index in [1.54, 1.807) is 0 Å².